The third-order valence-corrected chi connectivity index (χ3v) is 5.17. The van der Waals surface area contributed by atoms with Gasteiger partial charge < -0.3 is 5.73 Å². The van der Waals surface area contributed by atoms with Crippen molar-refractivity contribution in [2.45, 2.75) is 37.9 Å². The molecule has 1 aromatic rings. The average Bonchev–Trinajstić information content (AvgIpc) is 2.94. The van der Waals surface area contributed by atoms with Crippen LogP contribution in [0.4, 0.5) is 4.39 Å². The van der Waals surface area contributed by atoms with E-state index in [1.807, 2.05) is 23.9 Å². The summed E-state index contributed by atoms with van der Waals surface area (Å²) >= 11 is 1.97. The third-order valence-electron chi connectivity index (χ3n) is 4.02. The van der Waals surface area contributed by atoms with Crippen LogP contribution < -0.4 is 5.73 Å². The lowest BCUT2D eigenvalue weighted by molar-refractivity contribution is 0.158. The maximum atomic E-state index is 14.1. The molecule has 1 aliphatic rings. The summed E-state index contributed by atoms with van der Waals surface area (Å²) in [5.74, 6) is 2.17. The van der Waals surface area contributed by atoms with Gasteiger partial charge in [-0.15, -0.1) is 0 Å². The quantitative estimate of drug-likeness (QED) is 0.900. The van der Waals surface area contributed by atoms with Gasteiger partial charge in [-0.25, -0.2) is 4.39 Å². The first-order valence-corrected chi connectivity index (χ1v) is 8.10. The number of hydrogen-bond donors (Lipinski definition) is 1. The lowest BCUT2D eigenvalue weighted by Gasteiger charge is -2.36. The average molecular weight is 282 g/mol. The van der Waals surface area contributed by atoms with E-state index in [4.69, 9.17) is 5.73 Å². The largest absolute Gasteiger partial charge is 0.326 e. The second kappa shape index (κ2) is 6.73. The summed E-state index contributed by atoms with van der Waals surface area (Å²) < 4.78 is 14.1. The number of likely N-dealkylation sites (N-methyl/N-ethyl adjacent to an activating group) is 1. The van der Waals surface area contributed by atoms with Crippen molar-refractivity contribution in [3.63, 3.8) is 0 Å². The number of hydrogen-bond acceptors (Lipinski definition) is 3. The fourth-order valence-electron chi connectivity index (χ4n) is 2.76. The van der Waals surface area contributed by atoms with Crippen LogP contribution in [-0.2, 0) is 0 Å². The minimum atomic E-state index is -0.145. The maximum absolute atomic E-state index is 14.1. The summed E-state index contributed by atoms with van der Waals surface area (Å²) in [5, 5.41) is 0. The zero-order chi connectivity index (χ0) is 13.8. The van der Waals surface area contributed by atoms with Crippen LogP contribution in [0.1, 0.15) is 31.4 Å². The molecular formula is C15H23FN2S. The van der Waals surface area contributed by atoms with Crippen LogP contribution in [-0.4, -0.2) is 35.5 Å². The molecule has 0 aromatic heterocycles. The normalized spacial score (nSPS) is 22.7. The topological polar surface area (TPSA) is 29.3 Å². The van der Waals surface area contributed by atoms with Gasteiger partial charge in [0, 0.05) is 23.4 Å². The predicted molar refractivity (Wildman–Crippen MR) is 80.9 cm³/mol. The molecule has 4 heteroatoms. The smallest absolute Gasteiger partial charge is 0.128 e. The molecule has 3 atom stereocenters. The zero-order valence-corrected chi connectivity index (χ0v) is 12.5. The highest BCUT2D eigenvalue weighted by Crippen LogP contribution is 2.32. The van der Waals surface area contributed by atoms with Gasteiger partial charge in [-0.05, 0) is 31.7 Å². The first-order valence-electron chi connectivity index (χ1n) is 6.94. The van der Waals surface area contributed by atoms with Gasteiger partial charge >= 0.3 is 0 Å². The first-order chi connectivity index (χ1) is 9.15. The van der Waals surface area contributed by atoms with Gasteiger partial charge in [0.05, 0.1) is 6.04 Å². The molecule has 1 aromatic carbocycles. The molecule has 106 valence electrons. The van der Waals surface area contributed by atoms with Gasteiger partial charge in [0.25, 0.3) is 0 Å². The Morgan fingerprint density at radius 3 is 2.79 bits per heavy atom. The molecule has 19 heavy (non-hydrogen) atoms. The number of nitrogens with two attached hydrogens (primary N) is 1. The second-order valence-electron chi connectivity index (χ2n) is 5.22. The van der Waals surface area contributed by atoms with E-state index in [1.54, 1.807) is 6.07 Å². The van der Waals surface area contributed by atoms with Crippen molar-refractivity contribution < 1.29 is 4.39 Å². The third kappa shape index (κ3) is 3.30. The molecule has 2 N–H and O–H groups in total. The van der Waals surface area contributed by atoms with E-state index in [9.17, 15) is 4.39 Å². The first kappa shape index (κ1) is 14.8. The SMILES string of the molecule is CCC(N)C(c1ccccc1F)N(C)C1CCSC1. The van der Waals surface area contributed by atoms with Crippen LogP contribution in [0.3, 0.4) is 0 Å². The van der Waals surface area contributed by atoms with E-state index in [0.717, 1.165) is 17.7 Å². The van der Waals surface area contributed by atoms with Crippen molar-refractivity contribution in [2.75, 3.05) is 18.6 Å². The minimum Gasteiger partial charge on any atom is -0.326 e. The van der Waals surface area contributed by atoms with Crippen molar-refractivity contribution >= 4 is 11.8 Å². The van der Waals surface area contributed by atoms with E-state index in [0.29, 0.717) is 6.04 Å². The molecule has 0 amide bonds. The number of rotatable bonds is 5. The molecule has 3 unspecified atom stereocenters. The molecule has 1 fully saturated rings. The van der Waals surface area contributed by atoms with E-state index < -0.39 is 0 Å². The van der Waals surface area contributed by atoms with Crippen LogP contribution in [0, 0.1) is 5.82 Å². The van der Waals surface area contributed by atoms with Crippen LogP contribution in [0.2, 0.25) is 0 Å². The van der Waals surface area contributed by atoms with Crippen LogP contribution in [0.25, 0.3) is 0 Å². The molecule has 2 nitrogen and oxygen atoms in total. The molecule has 0 bridgehead atoms. The monoisotopic (exact) mass is 282 g/mol. The summed E-state index contributed by atoms with van der Waals surface area (Å²) in [7, 11) is 2.09. The molecular weight excluding hydrogens is 259 g/mol. The summed E-state index contributed by atoms with van der Waals surface area (Å²) in [6.45, 7) is 2.07. The summed E-state index contributed by atoms with van der Waals surface area (Å²) in [5.41, 5.74) is 7.00. The predicted octanol–water partition coefficient (Wildman–Crippen LogP) is 3.04. The summed E-state index contributed by atoms with van der Waals surface area (Å²) in [4.78, 5) is 2.28. The van der Waals surface area contributed by atoms with Crippen molar-refractivity contribution in [2.24, 2.45) is 5.73 Å². The fourth-order valence-corrected chi connectivity index (χ4v) is 4.04. The Balaban J connectivity index is 2.27. The highest BCUT2D eigenvalue weighted by molar-refractivity contribution is 7.99. The zero-order valence-electron chi connectivity index (χ0n) is 11.7. The molecule has 1 aliphatic heterocycles. The molecule has 2 rings (SSSR count). The van der Waals surface area contributed by atoms with Crippen molar-refractivity contribution in [3.8, 4) is 0 Å². The van der Waals surface area contributed by atoms with Crippen molar-refractivity contribution in [1.82, 2.24) is 4.90 Å². The van der Waals surface area contributed by atoms with Gasteiger partial charge in [-0.1, -0.05) is 25.1 Å². The second-order valence-corrected chi connectivity index (χ2v) is 6.37. The van der Waals surface area contributed by atoms with Crippen molar-refractivity contribution in [3.05, 3.63) is 35.6 Å². The number of thioether (sulfide) groups is 1. The van der Waals surface area contributed by atoms with E-state index >= 15 is 0 Å². The Bertz CT molecular complexity index is 407. The molecule has 0 aliphatic carbocycles. The highest BCUT2D eigenvalue weighted by atomic mass is 32.2. The summed E-state index contributed by atoms with van der Waals surface area (Å²) in [6, 6.07) is 7.47. The van der Waals surface area contributed by atoms with Gasteiger partial charge in [0.1, 0.15) is 5.82 Å². The summed E-state index contributed by atoms with van der Waals surface area (Å²) in [6.07, 6.45) is 2.02. The number of nitrogens with zero attached hydrogens (tertiary/aromatic N) is 1. The highest BCUT2D eigenvalue weighted by Gasteiger charge is 2.31. The van der Waals surface area contributed by atoms with Crippen LogP contribution in [0.5, 0.6) is 0 Å². The van der Waals surface area contributed by atoms with Crippen LogP contribution >= 0.6 is 11.8 Å². The molecule has 0 radical (unpaired) electrons. The Kier molecular flexibility index (Phi) is 5.25. The number of benzene rings is 1. The number of halogens is 1. The fraction of sp³-hybridized carbons (Fsp3) is 0.600. The lowest BCUT2D eigenvalue weighted by atomic mass is 9.94. The Labute approximate surface area is 119 Å². The molecule has 0 spiro atoms. The Hall–Kier alpha value is -0.580. The standard InChI is InChI=1S/C15H23FN2S/c1-3-14(17)15(12-6-4-5-7-13(12)16)18(2)11-8-9-19-10-11/h4-7,11,14-15H,3,8-10,17H2,1-2H3. The van der Waals surface area contributed by atoms with Gasteiger partial charge in [0.2, 0.25) is 0 Å². The van der Waals surface area contributed by atoms with E-state index in [-0.39, 0.29) is 17.9 Å². The van der Waals surface area contributed by atoms with E-state index in [2.05, 4.69) is 18.9 Å². The van der Waals surface area contributed by atoms with Gasteiger partial charge in [-0.2, -0.15) is 11.8 Å². The molecule has 1 heterocycles. The van der Waals surface area contributed by atoms with Crippen molar-refractivity contribution in [1.29, 1.82) is 0 Å². The molecule has 1 saturated heterocycles. The van der Waals surface area contributed by atoms with Crippen LogP contribution in [0.15, 0.2) is 24.3 Å². The van der Waals surface area contributed by atoms with E-state index in [1.165, 1.54) is 18.2 Å². The minimum absolute atomic E-state index is 0.0325. The van der Waals surface area contributed by atoms with Gasteiger partial charge in [-0.3, -0.25) is 4.90 Å². The lowest BCUT2D eigenvalue weighted by Crippen LogP contribution is -2.44. The van der Waals surface area contributed by atoms with Gasteiger partial charge in [0.15, 0.2) is 0 Å². The maximum Gasteiger partial charge on any atom is 0.128 e. The Morgan fingerprint density at radius 1 is 1.47 bits per heavy atom. The molecule has 0 saturated carbocycles. The Morgan fingerprint density at radius 2 is 2.21 bits per heavy atom.